The van der Waals surface area contributed by atoms with Gasteiger partial charge in [0, 0.05) is 12.8 Å². The molecule has 3 amide bonds. The van der Waals surface area contributed by atoms with Crippen LogP contribution in [0.15, 0.2) is 24.4 Å². The number of carbonyl (C=O) groups excluding carboxylic acids is 3. The van der Waals surface area contributed by atoms with E-state index in [0.29, 0.717) is 37.3 Å². The highest BCUT2D eigenvalue weighted by Gasteiger charge is 2.44. The Balaban J connectivity index is 1.34. The number of aromatic nitrogens is 3. The first-order valence-electron chi connectivity index (χ1n) is 11.5. The second kappa shape index (κ2) is 8.72. The summed E-state index contributed by atoms with van der Waals surface area (Å²) in [5.41, 5.74) is 3.51. The molecule has 1 aliphatic carbocycles. The quantitative estimate of drug-likeness (QED) is 0.632. The van der Waals surface area contributed by atoms with Crippen LogP contribution in [-0.2, 0) is 33.8 Å². The number of aryl methyl sites for hydroxylation is 1. The average Bonchev–Trinajstić information content (AvgIpc) is 3.53. The topological polar surface area (TPSA) is 120 Å². The Morgan fingerprint density at radius 3 is 2.75 bits per heavy atom. The number of H-pyrrole nitrogens is 1. The number of nitrogens with one attached hydrogen (secondary N) is 3. The Morgan fingerprint density at radius 1 is 1.16 bits per heavy atom. The number of anilines is 1. The second-order valence-corrected chi connectivity index (χ2v) is 9.05. The van der Waals surface area contributed by atoms with Crippen LogP contribution < -0.4 is 15.5 Å². The summed E-state index contributed by atoms with van der Waals surface area (Å²) in [5.74, 6) is -0.0781. The van der Waals surface area contributed by atoms with E-state index in [-0.39, 0.29) is 24.3 Å². The molecule has 0 bridgehead atoms. The average molecular weight is 437 g/mol. The molecular formula is C23H28N6O3. The fraction of sp³-hybridized carbons (Fsp3) is 0.522. The number of benzene rings is 1. The van der Waals surface area contributed by atoms with Crippen molar-refractivity contribution in [3.63, 3.8) is 0 Å². The summed E-state index contributed by atoms with van der Waals surface area (Å²) < 4.78 is 0. The van der Waals surface area contributed by atoms with Gasteiger partial charge in [-0.1, -0.05) is 31.0 Å². The van der Waals surface area contributed by atoms with Crippen LogP contribution in [-0.4, -0.2) is 45.2 Å². The number of carbonyl (C=O) groups is 3. The number of hydrogen-bond donors (Lipinski definition) is 3. The lowest BCUT2D eigenvalue weighted by Crippen LogP contribution is -2.54. The van der Waals surface area contributed by atoms with Crippen LogP contribution in [0.25, 0.3) is 0 Å². The molecule has 1 fully saturated rings. The van der Waals surface area contributed by atoms with E-state index in [1.807, 2.05) is 18.2 Å². The van der Waals surface area contributed by atoms with Gasteiger partial charge in [-0.25, -0.2) is 0 Å². The molecule has 1 aromatic carbocycles. The van der Waals surface area contributed by atoms with E-state index in [1.54, 1.807) is 11.1 Å². The summed E-state index contributed by atoms with van der Waals surface area (Å²) in [6.45, 7) is 0.235. The molecular weight excluding hydrogens is 408 g/mol. The van der Waals surface area contributed by atoms with Gasteiger partial charge in [-0.2, -0.15) is 15.4 Å². The molecule has 2 atom stereocenters. The van der Waals surface area contributed by atoms with Crippen molar-refractivity contribution in [2.24, 2.45) is 5.92 Å². The summed E-state index contributed by atoms with van der Waals surface area (Å²) in [6, 6.07) is 4.71. The molecule has 1 aromatic heterocycles. The Hall–Kier alpha value is -3.23. The highest BCUT2D eigenvalue weighted by atomic mass is 16.2. The van der Waals surface area contributed by atoms with Gasteiger partial charge in [0.25, 0.3) is 0 Å². The van der Waals surface area contributed by atoms with Crippen molar-refractivity contribution >= 4 is 23.4 Å². The van der Waals surface area contributed by atoms with E-state index >= 15 is 0 Å². The molecule has 0 radical (unpaired) electrons. The monoisotopic (exact) mass is 436 g/mol. The zero-order valence-electron chi connectivity index (χ0n) is 18.0. The van der Waals surface area contributed by atoms with Crippen molar-refractivity contribution in [2.45, 2.75) is 70.0 Å². The fourth-order valence-corrected chi connectivity index (χ4v) is 5.31. The first-order valence-corrected chi connectivity index (χ1v) is 11.5. The summed E-state index contributed by atoms with van der Waals surface area (Å²) in [6.07, 6.45) is 8.24. The number of rotatable bonds is 6. The molecule has 9 nitrogen and oxygen atoms in total. The molecule has 5 rings (SSSR count). The maximum atomic E-state index is 13.6. The Morgan fingerprint density at radius 2 is 1.97 bits per heavy atom. The van der Waals surface area contributed by atoms with Crippen molar-refractivity contribution in [3.05, 3.63) is 41.2 Å². The third-order valence-electron chi connectivity index (χ3n) is 6.90. The number of para-hydroxylation sites is 1. The van der Waals surface area contributed by atoms with Crippen LogP contribution in [0.1, 0.15) is 55.3 Å². The first kappa shape index (κ1) is 20.7. The van der Waals surface area contributed by atoms with Gasteiger partial charge in [-0.15, -0.1) is 0 Å². The number of amides is 3. The number of nitrogens with zero attached hydrogens (tertiary/aromatic N) is 3. The predicted molar refractivity (Wildman–Crippen MR) is 116 cm³/mol. The largest absolute Gasteiger partial charge is 0.348 e. The molecule has 0 unspecified atom stereocenters. The van der Waals surface area contributed by atoms with Crippen LogP contribution in [0, 0.1) is 5.92 Å². The third kappa shape index (κ3) is 3.99. The van der Waals surface area contributed by atoms with Gasteiger partial charge in [-0.3, -0.25) is 19.3 Å². The molecule has 168 valence electrons. The first-order chi connectivity index (χ1) is 15.6. The second-order valence-electron chi connectivity index (χ2n) is 9.05. The van der Waals surface area contributed by atoms with E-state index in [0.717, 1.165) is 29.7 Å². The Bertz CT molecular complexity index is 1010. The van der Waals surface area contributed by atoms with Gasteiger partial charge in [0.15, 0.2) is 0 Å². The smallest absolute Gasteiger partial charge is 0.250 e. The standard InChI is InChI=1S/C23H28N6O3/c30-20(10-14-4-1-2-5-14)26-18-9-8-15-6-3-7-16-11-19(29(21(15)16)23(18)32)22(31)24-12-17-13-25-28-27-17/h3,6-7,13-14,18-19H,1-2,4-5,8-12H2,(H,24,31)(H,26,30)(H,25,27,28)/t18-,19-/m0/s1. The van der Waals surface area contributed by atoms with E-state index in [2.05, 4.69) is 26.0 Å². The fourth-order valence-electron chi connectivity index (χ4n) is 5.31. The minimum absolute atomic E-state index is 0.0624. The van der Waals surface area contributed by atoms with E-state index in [1.165, 1.54) is 12.8 Å². The van der Waals surface area contributed by atoms with Gasteiger partial charge >= 0.3 is 0 Å². The summed E-state index contributed by atoms with van der Waals surface area (Å²) >= 11 is 0. The van der Waals surface area contributed by atoms with Gasteiger partial charge in [0.05, 0.1) is 18.4 Å². The molecule has 3 N–H and O–H groups in total. The van der Waals surface area contributed by atoms with Crippen molar-refractivity contribution < 1.29 is 14.4 Å². The molecule has 3 aliphatic rings. The molecule has 9 heteroatoms. The highest BCUT2D eigenvalue weighted by molar-refractivity contribution is 6.07. The SMILES string of the molecule is O=C(CC1CCCC1)N[C@H]1CCc2cccc3c2N(C1=O)[C@H](C(=O)NCc1cn[nH]n1)C3. The lowest BCUT2D eigenvalue weighted by Gasteiger charge is -2.28. The van der Waals surface area contributed by atoms with Crippen molar-refractivity contribution in [3.8, 4) is 0 Å². The molecule has 2 aromatic rings. The minimum Gasteiger partial charge on any atom is -0.348 e. The summed E-state index contributed by atoms with van der Waals surface area (Å²) in [7, 11) is 0. The van der Waals surface area contributed by atoms with Gasteiger partial charge in [0.2, 0.25) is 17.7 Å². The lowest BCUT2D eigenvalue weighted by atomic mass is 10.0. The zero-order chi connectivity index (χ0) is 22.1. The predicted octanol–water partition coefficient (Wildman–Crippen LogP) is 1.39. The van der Waals surface area contributed by atoms with E-state index < -0.39 is 12.1 Å². The van der Waals surface area contributed by atoms with Crippen molar-refractivity contribution in [2.75, 3.05) is 4.90 Å². The molecule has 32 heavy (non-hydrogen) atoms. The molecule has 0 saturated heterocycles. The minimum atomic E-state index is -0.641. The van der Waals surface area contributed by atoms with Crippen molar-refractivity contribution in [1.29, 1.82) is 0 Å². The van der Waals surface area contributed by atoms with Crippen LogP contribution in [0.2, 0.25) is 0 Å². The van der Waals surface area contributed by atoms with Gasteiger partial charge in [0.1, 0.15) is 17.8 Å². The Labute approximate surface area is 186 Å². The van der Waals surface area contributed by atoms with Crippen LogP contribution in [0.3, 0.4) is 0 Å². The van der Waals surface area contributed by atoms with Crippen LogP contribution in [0.4, 0.5) is 5.69 Å². The zero-order valence-corrected chi connectivity index (χ0v) is 18.0. The maximum absolute atomic E-state index is 13.6. The number of aromatic amines is 1. The molecule has 0 spiro atoms. The number of hydrogen-bond acceptors (Lipinski definition) is 5. The van der Waals surface area contributed by atoms with Crippen LogP contribution in [0.5, 0.6) is 0 Å². The maximum Gasteiger partial charge on any atom is 0.250 e. The van der Waals surface area contributed by atoms with Gasteiger partial charge in [-0.05, 0) is 42.7 Å². The van der Waals surface area contributed by atoms with Crippen LogP contribution >= 0.6 is 0 Å². The molecule has 2 aliphatic heterocycles. The van der Waals surface area contributed by atoms with Crippen molar-refractivity contribution in [1.82, 2.24) is 26.0 Å². The molecule has 3 heterocycles. The highest BCUT2D eigenvalue weighted by Crippen LogP contribution is 2.39. The third-order valence-corrected chi connectivity index (χ3v) is 6.90. The summed E-state index contributed by atoms with van der Waals surface area (Å²) in [5, 5.41) is 16.1. The van der Waals surface area contributed by atoms with E-state index in [9.17, 15) is 14.4 Å². The normalized spacial score (nSPS) is 22.5. The van der Waals surface area contributed by atoms with E-state index in [4.69, 9.17) is 0 Å². The summed E-state index contributed by atoms with van der Waals surface area (Å²) in [4.78, 5) is 41.0. The molecule has 1 saturated carbocycles. The van der Waals surface area contributed by atoms with Gasteiger partial charge < -0.3 is 10.6 Å². The lowest BCUT2D eigenvalue weighted by molar-refractivity contribution is -0.129. The Kier molecular flexibility index (Phi) is 5.63.